The zero-order chi connectivity index (χ0) is 25.3. The number of fused-ring (bicyclic) bond motifs is 2. The monoisotopic (exact) mass is 498 g/mol. The van der Waals surface area contributed by atoms with E-state index in [4.69, 9.17) is 14.2 Å². The minimum Gasteiger partial charge on any atom is -0.497 e. The molecule has 3 heterocycles. The molecule has 0 aliphatic carbocycles. The number of pyridine rings is 1. The number of nitrogens with zero attached hydrogens (tertiary/aromatic N) is 1. The van der Waals surface area contributed by atoms with Crippen molar-refractivity contribution >= 4 is 12.0 Å². The first kappa shape index (κ1) is 23.5. The predicted octanol–water partition coefficient (Wildman–Crippen LogP) is 4.61. The van der Waals surface area contributed by atoms with Gasteiger partial charge in [-0.3, -0.25) is 9.78 Å². The largest absolute Gasteiger partial charge is 0.573 e. The van der Waals surface area contributed by atoms with E-state index in [1.54, 1.807) is 49.7 Å². The SMILES string of the molecule is COc1ccc2c(c1)C=C(C(=O)N[C@]1(c3ccc(OC(F)(F)F)cc3)CCOc3cccnc31)CO2. The van der Waals surface area contributed by atoms with Crippen molar-refractivity contribution in [3.05, 3.63) is 83.2 Å². The summed E-state index contributed by atoms with van der Waals surface area (Å²) in [4.78, 5) is 18.0. The molecule has 0 radical (unpaired) electrons. The first-order valence-electron chi connectivity index (χ1n) is 11.1. The van der Waals surface area contributed by atoms with Gasteiger partial charge in [0.05, 0.1) is 19.3 Å². The van der Waals surface area contributed by atoms with Gasteiger partial charge in [0, 0.05) is 18.2 Å². The number of benzene rings is 2. The highest BCUT2D eigenvalue weighted by atomic mass is 19.4. The molecule has 7 nitrogen and oxygen atoms in total. The number of amides is 1. The number of nitrogens with one attached hydrogen (secondary N) is 1. The Morgan fingerprint density at radius 2 is 1.83 bits per heavy atom. The van der Waals surface area contributed by atoms with Gasteiger partial charge in [-0.25, -0.2) is 0 Å². The van der Waals surface area contributed by atoms with Gasteiger partial charge >= 0.3 is 6.36 Å². The summed E-state index contributed by atoms with van der Waals surface area (Å²) >= 11 is 0. The first-order valence-corrected chi connectivity index (χ1v) is 11.1. The highest BCUT2D eigenvalue weighted by molar-refractivity contribution is 6.00. The number of aromatic nitrogens is 1. The summed E-state index contributed by atoms with van der Waals surface area (Å²) in [5.41, 5.74) is 0.898. The molecule has 0 saturated carbocycles. The molecule has 5 rings (SSSR count). The van der Waals surface area contributed by atoms with E-state index >= 15 is 0 Å². The van der Waals surface area contributed by atoms with Gasteiger partial charge in [0.1, 0.15) is 40.8 Å². The molecule has 0 bridgehead atoms. The molecule has 10 heteroatoms. The Kier molecular flexibility index (Phi) is 5.95. The van der Waals surface area contributed by atoms with E-state index in [9.17, 15) is 18.0 Å². The highest BCUT2D eigenvalue weighted by Crippen LogP contribution is 2.41. The van der Waals surface area contributed by atoms with Crippen LogP contribution in [-0.4, -0.2) is 37.6 Å². The molecule has 1 N–H and O–H groups in total. The minimum atomic E-state index is -4.81. The molecule has 2 aromatic carbocycles. The topological polar surface area (TPSA) is 78.9 Å². The fourth-order valence-electron chi connectivity index (χ4n) is 4.36. The van der Waals surface area contributed by atoms with E-state index in [0.29, 0.717) is 46.1 Å². The second kappa shape index (κ2) is 9.10. The van der Waals surface area contributed by atoms with Crippen molar-refractivity contribution in [2.75, 3.05) is 20.3 Å². The molecule has 2 aliphatic heterocycles. The molecule has 0 spiro atoms. The van der Waals surface area contributed by atoms with Crippen LogP contribution in [0, 0.1) is 0 Å². The lowest BCUT2D eigenvalue weighted by Crippen LogP contribution is -2.51. The van der Waals surface area contributed by atoms with Crippen LogP contribution in [0.15, 0.2) is 66.4 Å². The molecule has 0 fully saturated rings. The molecule has 1 amide bonds. The van der Waals surface area contributed by atoms with Crippen molar-refractivity contribution in [1.82, 2.24) is 10.3 Å². The summed E-state index contributed by atoms with van der Waals surface area (Å²) in [6, 6.07) is 14.1. The molecular weight excluding hydrogens is 477 g/mol. The number of alkyl halides is 3. The standard InChI is InChI=1S/C26H21F3N2O5/c1-33-20-8-9-21-16(14-20)13-17(15-35-21)24(32)31-25(10-12-34-22-3-2-11-30-23(22)25)18-4-6-19(7-5-18)36-26(27,28)29/h2-9,11,13-14H,10,12,15H2,1H3,(H,31,32)/t25-/m0/s1. The predicted molar refractivity (Wildman–Crippen MR) is 123 cm³/mol. The van der Waals surface area contributed by atoms with Crippen molar-refractivity contribution in [2.24, 2.45) is 0 Å². The summed E-state index contributed by atoms with van der Waals surface area (Å²) < 4.78 is 58.8. The number of carbonyl (C=O) groups is 1. The fourth-order valence-corrected chi connectivity index (χ4v) is 4.36. The van der Waals surface area contributed by atoms with E-state index in [1.165, 1.54) is 24.3 Å². The van der Waals surface area contributed by atoms with Crippen LogP contribution < -0.4 is 24.3 Å². The normalized spacial score (nSPS) is 18.5. The number of hydrogen-bond acceptors (Lipinski definition) is 6. The van der Waals surface area contributed by atoms with Gasteiger partial charge in [0.15, 0.2) is 0 Å². The van der Waals surface area contributed by atoms with Crippen LogP contribution in [0.1, 0.15) is 23.2 Å². The van der Waals surface area contributed by atoms with Gasteiger partial charge in [-0.15, -0.1) is 13.2 Å². The second-order valence-electron chi connectivity index (χ2n) is 8.24. The second-order valence-corrected chi connectivity index (χ2v) is 8.24. The van der Waals surface area contributed by atoms with Gasteiger partial charge < -0.3 is 24.3 Å². The van der Waals surface area contributed by atoms with Gasteiger partial charge in [0.2, 0.25) is 0 Å². The molecular formula is C26H21F3N2O5. The lowest BCUT2D eigenvalue weighted by Gasteiger charge is -2.39. The summed E-state index contributed by atoms with van der Waals surface area (Å²) in [5, 5.41) is 3.08. The Labute approximate surface area is 204 Å². The number of carbonyl (C=O) groups excluding carboxylic acids is 1. The van der Waals surface area contributed by atoms with Crippen LogP contribution in [-0.2, 0) is 10.3 Å². The Morgan fingerprint density at radius 3 is 2.58 bits per heavy atom. The maximum Gasteiger partial charge on any atom is 0.573 e. The molecule has 2 aliphatic rings. The quantitative estimate of drug-likeness (QED) is 0.554. The third kappa shape index (κ3) is 4.53. The van der Waals surface area contributed by atoms with E-state index in [2.05, 4.69) is 15.0 Å². The van der Waals surface area contributed by atoms with E-state index in [0.717, 1.165) is 0 Å². The molecule has 36 heavy (non-hydrogen) atoms. The zero-order valence-corrected chi connectivity index (χ0v) is 19.1. The van der Waals surface area contributed by atoms with Crippen molar-refractivity contribution in [1.29, 1.82) is 0 Å². The smallest absolute Gasteiger partial charge is 0.497 e. The molecule has 1 aromatic heterocycles. The molecule has 186 valence electrons. The van der Waals surface area contributed by atoms with Crippen molar-refractivity contribution in [2.45, 2.75) is 18.3 Å². The number of hydrogen-bond donors (Lipinski definition) is 1. The van der Waals surface area contributed by atoms with Crippen LogP contribution >= 0.6 is 0 Å². The van der Waals surface area contributed by atoms with Crippen LogP contribution in [0.5, 0.6) is 23.0 Å². The Balaban J connectivity index is 1.52. The van der Waals surface area contributed by atoms with Gasteiger partial charge in [-0.1, -0.05) is 12.1 Å². The summed E-state index contributed by atoms with van der Waals surface area (Å²) in [5.74, 6) is 0.951. The zero-order valence-electron chi connectivity index (χ0n) is 19.1. The van der Waals surface area contributed by atoms with Gasteiger partial charge in [-0.05, 0) is 54.1 Å². The third-order valence-electron chi connectivity index (χ3n) is 6.04. The number of methoxy groups -OCH3 is 1. The van der Waals surface area contributed by atoms with E-state index < -0.39 is 17.8 Å². The van der Waals surface area contributed by atoms with Crippen molar-refractivity contribution in [3.63, 3.8) is 0 Å². The number of halogens is 3. The Morgan fingerprint density at radius 1 is 1.06 bits per heavy atom. The maximum absolute atomic E-state index is 13.5. The van der Waals surface area contributed by atoms with Crippen LogP contribution in [0.3, 0.4) is 0 Å². The van der Waals surface area contributed by atoms with E-state index in [-0.39, 0.29) is 19.0 Å². The van der Waals surface area contributed by atoms with Gasteiger partial charge in [0.25, 0.3) is 5.91 Å². The molecule has 3 aromatic rings. The molecule has 1 atom stereocenters. The fraction of sp³-hybridized carbons (Fsp3) is 0.231. The number of ether oxygens (including phenoxy) is 4. The lowest BCUT2D eigenvalue weighted by molar-refractivity contribution is -0.274. The molecule has 0 saturated heterocycles. The highest BCUT2D eigenvalue weighted by Gasteiger charge is 2.43. The first-order chi connectivity index (χ1) is 17.3. The van der Waals surface area contributed by atoms with Gasteiger partial charge in [-0.2, -0.15) is 0 Å². The third-order valence-corrected chi connectivity index (χ3v) is 6.04. The lowest BCUT2D eigenvalue weighted by atomic mass is 9.81. The van der Waals surface area contributed by atoms with Crippen LogP contribution in [0.4, 0.5) is 13.2 Å². The average Bonchev–Trinajstić information content (AvgIpc) is 2.87. The van der Waals surface area contributed by atoms with Crippen molar-refractivity contribution < 1.29 is 36.9 Å². The summed E-state index contributed by atoms with van der Waals surface area (Å²) in [7, 11) is 1.55. The maximum atomic E-state index is 13.5. The number of rotatable bonds is 5. The Hall–Kier alpha value is -4.21. The van der Waals surface area contributed by atoms with Crippen LogP contribution in [0.25, 0.3) is 6.08 Å². The molecule has 0 unspecified atom stereocenters. The average molecular weight is 498 g/mol. The summed E-state index contributed by atoms with van der Waals surface area (Å²) in [6.07, 6.45) is -1.21. The van der Waals surface area contributed by atoms with Crippen LogP contribution in [0.2, 0.25) is 0 Å². The van der Waals surface area contributed by atoms with E-state index in [1.807, 2.05) is 0 Å². The Bertz CT molecular complexity index is 1320. The minimum absolute atomic E-state index is 0.0468. The summed E-state index contributed by atoms with van der Waals surface area (Å²) in [6.45, 7) is 0.306. The van der Waals surface area contributed by atoms with Crippen molar-refractivity contribution in [3.8, 4) is 23.0 Å².